The summed E-state index contributed by atoms with van der Waals surface area (Å²) in [6.07, 6.45) is 2.44. The second-order valence-electron chi connectivity index (χ2n) is 6.39. The summed E-state index contributed by atoms with van der Waals surface area (Å²) in [7, 11) is -2.06. The number of benzene rings is 2. The number of rotatable bonds is 7. The summed E-state index contributed by atoms with van der Waals surface area (Å²) in [5.74, 6) is 0.593. The monoisotopic (exact) mass is 451 g/mol. The van der Waals surface area contributed by atoms with E-state index in [1.165, 1.54) is 31.5 Å². The van der Waals surface area contributed by atoms with Crippen LogP contribution in [0.3, 0.4) is 0 Å². The van der Waals surface area contributed by atoms with Crippen molar-refractivity contribution in [3.63, 3.8) is 0 Å². The molecule has 0 aliphatic rings. The highest BCUT2D eigenvalue weighted by Crippen LogP contribution is 2.32. The highest BCUT2D eigenvalue weighted by molar-refractivity contribution is 7.92. The molecule has 3 N–H and O–H groups in total. The Bertz CT molecular complexity index is 1190. The Hall–Kier alpha value is -3.11. The van der Waals surface area contributed by atoms with Crippen LogP contribution in [-0.4, -0.2) is 31.8 Å². The third-order valence-corrected chi connectivity index (χ3v) is 4.82. The second kappa shape index (κ2) is 8.72. The van der Waals surface area contributed by atoms with E-state index in [4.69, 9.17) is 16.3 Å². The van der Waals surface area contributed by atoms with Gasteiger partial charge >= 0.3 is 0 Å². The molecule has 0 aliphatic carbocycles. The standard InChI is InChI=1S/C19H19ClFN5O3S/c1-11-8-12(21)4-6-15(11)24-19-22-10-14(20)18(25-19)23-16-7-5-13(29-2)9-17(16)26-30(3,27)28/h4-10,26H,1-3H3,(H2,22,23,24,25). The van der Waals surface area contributed by atoms with Gasteiger partial charge in [-0.25, -0.2) is 17.8 Å². The van der Waals surface area contributed by atoms with Crippen molar-refractivity contribution in [3.05, 3.63) is 59.0 Å². The highest BCUT2D eigenvalue weighted by Gasteiger charge is 2.13. The number of hydrogen-bond donors (Lipinski definition) is 3. The van der Waals surface area contributed by atoms with Gasteiger partial charge in [-0.1, -0.05) is 11.6 Å². The highest BCUT2D eigenvalue weighted by atomic mass is 35.5. The van der Waals surface area contributed by atoms with Crippen molar-refractivity contribution >= 4 is 50.5 Å². The summed E-state index contributed by atoms with van der Waals surface area (Å²) in [5.41, 5.74) is 1.98. The molecule has 0 aliphatic heterocycles. The molecular formula is C19H19ClFN5O3S. The molecule has 8 nitrogen and oxygen atoms in total. The average molecular weight is 452 g/mol. The van der Waals surface area contributed by atoms with Gasteiger partial charge in [0.15, 0.2) is 5.82 Å². The third kappa shape index (κ3) is 5.49. The minimum absolute atomic E-state index is 0.220. The molecule has 1 aromatic heterocycles. The Kier molecular flexibility index (Phi) is 6.28. The normalized spacial score (nSPS) is 11.1. The van der Waals surface area contributed by atoms with E-state index in [1.54, 1.807) is 25.1 Å². The minimum Gasteiger partial charge on any atom is -0.497 e. The molecule has 158 valence electrons. The Balaban J connectivity index is 1.92. The second-order valence-corrected chi connectivity index (χ2v) is 8.54. The number of nitrogens with zero attached hydrogens (tertiary/aromatic N) is 2. The van der Waals surface area contributed by atoms with Gasteiger partial charge in [0.05, 0.1) is 30.9 Å². The molecular weight excluding hydrogens is 433 g/mol. The van der Waals surface area contributed by atoms with Crippen molar-refractivity contribution in [2.45, 2.75) is 6.92 Å². The maximum Gasteiger partial charge on any atom is 0.229 e. The van der Waals surface area contributed by atoms with E-state index >= 15 is 0 Å². The molecule has 0 fully saturated rings. The maximum absolute atomic E-state index is 13.3. The number of ether oxygens (including phenoxy) is 1. The molecule has 0 saturated carbocycles. The Labute approximate surface area is 178 Å². The molecule has 2 aromatic carbocycles. The summed E-state index contributed by atoms with van der Waals surface area (Å²) in [6, 6.07) is 9.10. The van der Waals surface area contributed by atoms with Crippen molar-refractivity contribution in [1.29, 1.82) is 0 Å². The van der Waals surface area contributed by atoms with Crippen LogP contribution in [0.1, 0.15) is 5.56 Å². The number of aromatic nitrogens is 2. The summed E-state index contributed by atoms with van der Waals surface area (Å²) >= 11 is 6.22. The smallest absolute Gasteiger partial charge is 0.229 e. The third-order valence-electron chi connectivity index (χ3n) is 3.95. The maximum atomic E-state index is 13.3. The molecule has 1 heterocycles. The molecule has 0 bridgehead atoms. The fourth-order valence-corrected chi connectivity index (χ4v) is 3.28. The molecule has 11 heteroatoms. The zero-order chi connectivity index (χ0) is 21.9. The summed E-state index contributed by atoms with van der Waals surface area (Å²) in [4.78, 5) is 8.47. The van der Waals surface area contributed by atoms with E-state index in [0.717, 1.165) is 6.26 Å². The number of anilines is 5. The van der Waals surface area contributed by atoms with E-state index in [1.807, 2.05) is 0 Å². The van der Waals surface area contributed by atoms with E-state index in [0.29, 0.717) is 22.7 Å². The predicted molar refractivity (Wildman–Crippen MR) is 116 cm³/mol. The Morgan fingerprint density at radius 3 is 2.47 bits per heavy atom. The van der Waals surface area contributed by atoms with Gasteiger partial charge in [0, 0.05) is 11.8 Å². The zero-order valence-electron chi connectivity index (χ0n) is 16.3. The molecule has 0 unspecified atom stereocenters. The summed E-state index contributed by atoms with van der Waals surface area (Å²) in [5, 5.41) is 6.22. The first kappa shape index (κ1) is 21.6. The van der Waals surface area contributed by atoms with Gasteiger partial charge in [-0.2, -0.15) is 4.98 Å². The molecule has 3 aromatic rings. The number of aryl methyl sites for hydroxylation is 1. The van der Waals surface area contributed by atoms with E-state index in [9.17, 15) is 12.8 Å². The number of methoxy groups -OCH3 is 1. The van der Waals surface area contributed by atoms with Gasteiger partial charge in [0.2, 0.25) is 16.0 Å². The van der Waals surface area contributed by atoms with E-state index in [-0.39, 0.29) is 28.3 Å². The quantitative estimate of drug-likeness (QED) is 0.487. The topological polar surface area (TPSA) is 105 Å². The van der Waals surface area contributed by atoms with Crippen molar-refractivity contribution in [1.82, 2.24) is 9.97 Å². The van der Waals surface area contributed by atoms with Gasteiger partial charge in [-0.3, -0.25) is 4.72 Å². The van der Waals surface area contributed by atoms with Crippen LogP contribution in [0.4, 0.5) is 33.2 Å². The number of nitrogens with one attached hydrogen (secondary N) is 3. The van der Waals surface area contributed by atoms with Gasteiger partial charge < -0.3 is 15.4 Å². The summed E-state index contributed by atoms with van der Waals surface area (Å²) in [6.45, 7) is 1.75. The van der Waals surface area contributed by atoms with E-state index < -0.39 is 10.0 Å². The SMILES string of the molecule is COc1ccc(Nc2nc(Nc3ccc(F)cc3C)ncc2Cl)c(NS(C)(=O)=O)c1. The van der Waals surface area contributed by atoms with E-state index in [2.05, 4.69) is 25.3 Å². The Morgan fingerprint density at radius 2 is 1.80 bits per heavy atom. The fraction of sp³-hybridized carbons (Fsp3) is 0.158. The molecule has 0 spiro atoms. The van der Waals surface area contributed by atoms with Crippen LogP contribution in [0, 0.1) is 12.7 Å². The van der Waals surface area contributed by atoms with Gasteiger partial charge in [-0.15, -0.1) is 0 Å². The molecule has 0 atom stereocenters. The first-order valence-corrected chi connectivity index (χ1v) is 10.9. The van der Waals surface area contributed by atoms with Gasteiger partial charge in [-0.05, 0) is 42.8 Å². The fourth-order valence-electron chi connectivity index (χ4n) is 2.57. The van der Waals surface area contributed by atoms with Crippen molar-refractivity contribution in [2.24, 2.45) is 0 Å². The number of hydrogen-bond acceptors (Lipinski definition) is 7. The van der Waals surface area contributed by atoms with Gasteiger partial charge in [0.25, 0.3) is 0 Å². The summed E-state index contributed by atoms with van der Waals surface area (Å²) < 4.78 is 44.3. The lowest BCUT2D eigenvalue weighted by atomic mass is 10.2. The molecule has 0 radical (unpaired) electrons. The largest absolute Gasteiger partial charge is 0.497 e. The molecule has 30 heavy (non-hydrogen) atoms. The molecule has 0 amide bonds. The lowest BCUT2D eigenvalue weighted by Gasteiger charge is -2.15. The number of halogens is 2. The lowest BCUT2D eigenvalue weighted by molar-refractivity contribution is 0.415. The van der Waals surface area contributed by atoms with Crippen LogP contribution >= 0.6 is 11.6 Å². The van der Waals surface area contributed by atoms with Crippen molar-refractivity contribution < 1.29 is 17.5 Å². The van der Waals surface area contributed by atoms with Crippen LogP contribution < -0.4 is 20.1 Å². The number of sulfonamides is 1. The van der Waals surface area contributed by atoms with Crippen molar-refractivity contribution in [2.75, 3.05) is 28.7 Å². The van der Waals surface area contributed by atoms with Gasteiger partial charge in [0.1, 0.15) is 16.6 Å². The first-order valence-electron chi connectivity index (χ1n) is 8.63. The zero-order valence-corrected chi connectivity index (χ0v) is 17.9. The molecule has 3 rings (SSSR count). The lowest BCUT2D eigenvalue weighted by Crippen LogP contribution is -2.11. The van der Waals surface area contributed by atoms with Crippen LogP contribution in [0.15, 0.2) is 42.6 Å². The minimum atomic E-state index is -3.54. The molecule has 0 saturated heterocycles. The van der Waals surface area contributed by atoms with Crippen LogP contribution in [0.5, 0.6) is 5.75 Å². The Morgan fingerprint density at radius 1 is 1.07 bits per heavy atom. The van der Waals surface area contributed by atoms with Crippen LogP contribution in [0.25, 0.3) is 0 Å². The van der Waals surface area contributed by atoms with Crippen LogP contribution in [-0.2, 0) is 10.0 Å². The average Bonchev–Trinajstić information content (AvgIpc) is 2.66. The first-order chi connectivity index (χ1) is 14.1. The van der Waals surface area contributed by atoms with Crippen LogP contribution in [0.2, 0.25) is 5.02 Å². The predicted octanol–water partition coefficient (Wildman–Crippen LogP) is 4.44. The van der Waals surface area contributed by atoms with Crippen molar-refractivity contribution in [3.8, 4) is 5.75 Å².